The second-order valence-electron chi connectivity index (χ2n) is 3.75. The molecule has 1 aliphatic rings. The van der Waals surface area contributed by atoms with E-state index in [1.54, 1.807) is 0 Å². The van der Waals surface area contributed by atoms with Gasteiger partial charge in [0.15, 0.2) is 0 Å². The van der Waals surface area contributed by atoms with Gasteiger partial charge in [-0.25, -0.2) is 8.42 Å². The summed E-state index contributed by atoms with van der Waals surface area (Å²) in [6.07, 6.45) is 1.20. The maximum Gasteiger partial charge on any atom is 0.322 e. The van der Waals surface area contributed by atoms with Crippen molar-refractivity contribution < 1.29 is 23.4 Å². The third kappa shape index (κ3) is 2.04. The summed E-state index contributed by atoms with van der Waals surface area (Å²) in [5, 5.41) is 24.2. The fraction of sp³-hybridized carbons (Fsp3) is 0.500. The van der Waals surface area contributed by atoms with E-state index in [0.29, 0.717) is 0 Å². The average molecular weight is 261 g/mol. The lowest BCUT2D eigenvalue weighted by molar-refractivity contribution is -0.140. The molecule has 1 fully saturated rings. The lowest BCUT2D eigenvalue weighted by Gasteiger charge is -2.19. The zero-order valence-corrected chi connectivity index (χ0v) is 9.46. The Bertz CT molecular complexity index is 511. The van der Waals surface area contributed by atoms with Crippen LogP contribution >= 0.6 is 0 Å². The molecule has 3 N–H and O–H groups in total. The molecule has 0 amide bonds. The summed E-state index contributed by atoms with van der Waals surface area (Å²) in [7, 11) is -3.92. The summed E-state index contributed by atoms with van der Waals surface area (Å²) < 4.78 is 24.9. The summed E-state index contributed by atoms with van der Waals surface area (Å²) in [5.74, 6) is -1.27. The first-order chi connectivity index (χ1) is 7.93. The van der Waals surface area contributed by atoms with Crippen LogP contribution in [0.1, 0.15) is 6.42 Å². The fourth-order valence-electron chi connectivity index (χ4n) is 1.79. The topological polar surface area (TPSA) is 124 Å². The van der Waals surface area contributed by atoms with Crippen LogP contribution in [0.4, 0.5) is 0 Å². The minimum absolute atomic E-state index is 0.105. The molecule has 94 valence electrons. The third-order valence-corrected chi connectivity index (χ3v) is 4.44. The molecule has 2 atom stereocenters. The minimum Gasteiger partial charge on any atom is -0.480 e. The second kappa shape index (κ2) is 4.09. The molecule has 2 rings (SSSR count). The van der Waals surface area contributed by atoms with Crippen molar-refractivity contribution >= 4 is 16.0 Å². The van der Waals surface area contributed by atoms with E-state index in [9.17, 15) is 18.3 Å². The zero-order chi connectivity index (χ0) is 12.6. The van der Waals surface area contributed by atoms with E-state index >= 15 is 0 Å². The number of nitrogens with zero attached hydrogens (tertiary/aromatic N) is 2. The molecule has 1 aliphatic heterocycles. The summed E-state index contributed by atoms with van der Waals surface area (Å²) in [6, 6.07) is -1.23. The van der Waals surface area contributed by atoms with Crippen LogP contribution in [-0.4, -0.2) is 57.8 Å². The molecule has 9 heteroatoms. The molecule has 0 aromatic carbocycles. The average Bonchev–Trinajstić information content (AvgIpc) is 2.84. The summed E-state index contributed by atoms with van der Waals surface area (Å²) in [4.78, 5) is 10.8. The third-order valence-electron chi connectivity index (χ3n) is 2.60. The highest BCUT2D eigenvalue weighted by Crippen LogP contribution is 2.25. The van der Waals surface area contributed by atoms with Crippen molar-refractivity contribution in [1.82, 2.24) is 14.5 Å². The molecule has 0 saturated carbocycles. The summed E-state index contributed by atoms with van der Waals surface area (Å²) in [5.41, 5.74) is 0. The highest BCUT2D eigenvalue weighted by Gasteiger charge is 2.43. The Balaban J connectivity index is 2.36. The highest BCUT2D eigenvalue weighted by molar-refractivity contribution is 7.89. The molecule has 1 saturated heterocycles. The first kappa shape index (κ1) is 12.0. The number of aliphatic hydroxyl groups is 1. The van der Waals surface area contributed by atoms with Crippen molar-refractivity contribution in [2.45, 2.75) is 23.5 Å². The number of aliphatic carboxylic acids is 1. The van der Waals surface area contributed by atoms with E-state index in [0.717, 1.165) is 10.5 Å². The number of nitrogens with one attached hydrogen (secondary N) is 1. The van der Waals surface area contributed by atoms with Gasteiger partial charge in [-0.3, -0.25) is 9.89 Å². The van der Waals surface area contributed by atoms with Gasteiger partial charge >= 0.3 is 5.97 Å². The van der Waals surface area contributed by atoms with Crippen molar-refractivity contribution in [1.29, 1.82) is 0 Å². The van der Waals surface area contributed by atoms with Crippen LogP contribution in [0.15, 0.2) is 17.3 Å². The SMILES string of the molecule is O=C(O)[C@@H]1C[C@@H](O)CN1S(=O)(=O)c1cn[nH]c1. The Morgan fingerprint density at radius 1 is 1.59 bits per heavy atom. The lowest BCUT2D eigenvalue weighted by Crippen LogP contribution is -2.40. The quantitative estimate of drug-likeness (QED) is 0.616. The van der Waals surface area contributed by atoms with Crippen LogP contribution in [0, 0.1) is 0 Å². The van der Waals surface area contributed by atoms with Crippen molar-refractivity contribution in [3.63, 3.8) is 0 Å². The van der Waals surface area contributed by atoms with E-state index in [-0.39, 0.29) is 17.9 Å². The molecule has 0 aliphatic carbocycles. The van der Waals surface area contributed by atoms with Gasteiger partial charge in [-0.2, -0.15) is 9.40 Å². The van der Waals surface area contributed by atoms with Crippen LogP contribution in [0.2, 0.25) is 0 Å². The number of β-amino-alcohol motifs (C(OH)–C–C–N with tert-alkyl or cyclic N) is 1. The monoisotopic (exact) mass is 261 g/mol. The van der Waals surface area contributed by atoms with E-state index < -0.39 is 28.1 Å². The highest BCUT2D eigenvalue weighted by atomic mass is 32.2. The van der Waals surface area contributed by atoms with Gasteiger partial charge in [0.25, 0.3) is 0 Å². The van der Waals surface area contributed by atoms with Crippen LogP contribution in [0.3, 0.4) is 0 Å². The molecular formula is C8H11N3O5S. The Morgan fingerprint density at radius 2 is 2.29 bits per heavy atom. The Morgan fingerprint density at radius 3 is 2.82 bits per heavy atom. The number of carboxylic acids is 1. The summed E-state index contributed by atoms with van der Waals surface area (Å²) >= 11 is 0. The Labute approximate surface area is 96.9 Å². The normalized spacial score (nSPS) is 26.2. The number of carboxylic acid groups (broad SMARTS) is 1. The smallest absolute Gasteiger partial charge is 0.322 e. The number of aliphatic hydroxyl groups excluding tert-OH is 1. The van der Waals surface area contributed by atoms with Gasteiger partial charge in [-0.05, 0) is 0 Å². The number of aromatic amines is 1. The minimum atomic E-state index is -3.92. The fourth-order valence-corrected chi connectivity index (χ4v) is 3.33. The van der Waals surface area contributed by atoms with Gasteiger partial charge in [-0.15, -0.1) is 0 Å². The molecule has 1 aromatic rings. The second-order valence-corrected chi connectivity index (χ2v) is 5.64. The van der Waals surface area contributed by atoms with Crippen molar-refractivity contribution in [2.75, 3.05) is 6.54 Å². The van der Waals surface area contributed by atoms with E-state index in [2.05, 4.69) is 10.2 Å². The summed E-state index contributed by atoms with van der Waals surface area (Å²) in [6.45, 7) is -0.218. The number of hydrogen-bond donors (Lipinski definition) is 3. The van der Waals surface area contributed by atoms with E-state index in [1.165, 1.54) is 6.20 Å². The first-order valence-electron chi connectivity index (χ1n) is 4.84. The van der Waals surface area contributed by atoms with Crippen LogP contribution < -0.4 is 0 Å². The van der Waals surface area contributed by atoms with Crippen LogP contribution in [0.25, 0.3) is 0 Å². The number of H-pyrrole nitrogens is 1. The predicted molar refractivity (Wildman–Crippen MR) is 54.5 cm³/mol. The molecular weight excluding hydrogens is 250 g/mol. The van der Waals surface area contributed by atoms with Gasteiger partial charge in [0.1, 0.15) is 10.9 Å². The molecule has 0 unspecified atom stereocenters. The number of hydrogen-bond acceptors (Lipinski definition) is 5. The van der Waals surface area contributed by atoms with Crippen LogP contribution in [0.5, 0.6) is 0 Å². The van der Waals surface area contributed by atoms with E-state index in [4.69, 9.17) is 5.11 Å². The lowest BCUT2D eigenvalue weighted by atomic mass is 10.2. The van der Waals surface area contributed by atoms with Gasteiger partial charge in [0.2, 0.25) is 10.0 Å². The number of rotatable bonds is 3. The van der Waals surface area contributed by atoms with Crippen molar-refractivity contribution in [2.24, 2.45) is 0 Å². The molecule has 8 nitrogen and oxygen atoms in total. The maximum atomic E-state index is 12.0. The number of aromatic nitrogens is 2. The molecule has 0 spiro atoms. The maximum absolute atomic E-state index is 12.0. The predicted octanol–water partition coefficient (Wildman–Crippen LogP) is -1.38. The molecule has 2 heterocycles. The van der Waals surface area contributed by atoms with E-state index in [1.807, 2.05) is 0 Å². The first-order valence-corrected chi connectivity index (χ1v) is 6.28. The molecule has 1 aromatic heterocycles. The zero-order valence-electron chi connectivity index (χ0n) is 8.65. The van der Waals surface area contributed by atoms with Gasteiger partial charge < -0.3 is 10.2 Å². The van der Waals surface area contributed by atoms with Crippen molar-refractivity contribution in [3.8, 4) is 0 Å². The Hall–Kier alpha value is -1.45. The standard InChI is InChI=1S/C8H11N3O5S/c12-5-1-7(8(13)14)11(4-5)17(15,16)6-2-9-10-3-6/h2-3,5,7,12H,1,4H2,(H,9,10)(H,13,14)/t5-,7+/m1/s1. The number of sulfonamides is 1. The molecule has 0 radical (unpaired) electrons. The van der Waals surface area contributed by atoms with Crippen LogP contribution in [-0.2, 0) is 14.8 Å². The van der Waals surface area contributed by atoms with Crippen molar-refractivity contribution in [3.05, 3.63) is 12.4 Å². The number of carbonyl (C=O) groups is 1. The van der Waals surface area contributed by atoms with Gasteiger partial charge in [0, 0.05) is 19.2 Å². The van der Waals surface area contributed by atoms with Gasteiger partial charge in [-0.1, -0.05) is 0 Å². The molecule has 0 bridgehead atoms. The molecule has 17 heavy (non-hydrogen) atoms. The largest absolute Gasteiger partial charge is 0.480 e. The van der Waals surface area contributed by atoms with Gasteiger partial charge in [0.05, 0.1) is 12.3 Å². The Kier molecular flexibility index (Phi) is 2.89.